The van der Waals surface area contributed by atoms with E-state index in [4.69, 9.17) is 16.6 Å². The lowest BCUT2D eigenvalue weighted by Gasteiger charge is -2.35. The van der Waals surface area contributed by atoms with Crippen LogP contribution in [0.15, 0.2) is 16.8 Å². The minimum Gasteiger partial charge on any atom is -0.388 e. The summed E-state index contributed by atoms with van der Waals surface area (Å²) in [5.41, 5.74) is 6.44. The molecule has 0 heterocycles. The minimum absolute atomic E-state index is 0.320. The number of nitrogens with zero attached hydrogens (tertiary/aromatic N) is 1. The lowest BCUT2D eigenvalue weighted by molar-refractivity contribution is 0.223. The van der Waals surface area contributed by atoms with Crippen molar-refractivity contribution in [1.29, 1.82) is 10.8 Å². The summed E-state index contributed by atoms with van der Waals surface area (Å²) in [5, 5.41) is 18.8. The number of hydrogen-bond donors (Lipinski definition) is 4. The Kier molecular flexibility index (Phi) is 6.31. The lowest BCUT2D eigenvalue weighted by Crippen LogP contribution is -2.39. The van der Waals surface area contributed by atoms with E-state index in [0.717, 1.165) is 25.3 Å². The zero-order valence-electron chi connectivity index (χ0n) is 13.5. The first-order valence-corrected chi connectivity index (χ1v) is 8.43. The molecule has 122 valence electrons. The summed E-state index contributed by atoms with van der Waals surface area (Å²) in [4.78, 5) is 4.45. The van der Waals surface area contributed by atoms with E-state index in [9.17, 15) is 0 Å². The van der Waals surface area contributed by atoms with Gasteiger partial charge in [-0.15, -0.1) is 0 Å². The summed E-state index contributed by atoms with van der Waals surface area (Å²) in [5.74, 6) is 1.43. The van der Waals surface area contributed by atoms with E-state index in [1.165, 1.54) is 31.9 Å². The maximum atomic E-state index is 8.03. The Bertz CT molecular complexity index is 448. The van der Waals surface area contributed by atoms with Crippen LogP contribution >= 0.6 is 0 Å². The summed E-state index contributed by atoms with van der Waals surface area (Å²) in [7, 11) is 0. The highest BCUT2D eigenvalue weighted by Gasteiger charge is 2.27. The fourth-order valence-corrected chi connectivity index (χ4v) is 3.03. The van der Waals surface area contributed by atoms with Crippen molar-refractivity contribution in [1.82, 2.24) is 5.32 Å². The summed E-state index contributed by atoms with van der Waals surface area (Å²) >= 11 is 0. The molecule has 5 heteroatoms. The molecule has 2 aliphatic rings. The minimum atomic E-state index is 0.320. The molecule has 2 saturated carbocycles. The second-order valence-electron chi connectivity index (χ2n) is 6.69. The molecule has 0 bridgehead atoms. The van der Waals surface area contributed by atoms with Crippen molar-refractivity contribution >= 4 is 18.1 Å². The third-order valence-electron chi connectivity index (χ3n) is 4.96. The predicted molar refractivity (Wildman–Crippen MR) is 93.2 cm³/mol. The van der Waals surface area contributed by atoms with Gasteiger partial charge in [0, 0.05) is 30.2 Å². The number of allylic oxidation sites excluding steroid dienone is 1. The molecule has 0 spiro atoms. The molecule has 0 aromatic carbocycles. The van der Waals surface area contributed by atoms with Crippen molar-refractivity contribution < 1.29 is 0 Å². The standard InChI is InChI=1S/C17H29N5/c1-12-4-5-17(12)22-11-16(20)14(9-19)10-21-15-7-13(8-15)3-2-6-18/h9-13,15,17,19-21H,2-8,18H2,1H3/b14-10+,19-9?,20-16?,22-11-/t12?,13?,15?,17-/m1/s1. The molecule has 5 N–H and O–H groups in total. The van der Waals surface area contributed by atoms with E-state index >= 15 is 0 Å². The van der Waals surface area contributed by atoms with Crippen molar-refractivity contribution in [2.45, 2.75) is 57.5 Å². The Hall–Kier alpha value is -1.49. The van der Waals surface area contributed by atoms with E-state index in [0.29, 0.717) is 29.3 Å². The van der Waals surface area contributed by atoms with Gasteiger partial charge >= 0.3 is 0 Å². The summed E-state index contributed by atoms with van der Waals surface area (Å²) in [6.07, 6.45) is 11.7. The van der Waals surface area contributed by atoms with E-state index in [-0.39, 0.29) is 0 Å². The SMILES string of the molecule is CC1CC[C@H]1/N=C\C(=N)/C(C=N)=C/NC1CC(CCCN)C1. The predicted octanol–water partition coefficient (Wildman–Crippen LogP) is 2.52. The summed E-state index contributed by atoms with van der Waals surface area (Å²) in [6.45, 7) is 2.98. The van der Waals surface area contributed by atoms with Gasteiger partial charge in [-0.1, -0.05) is 6.92 Å². The molecular formula is C17H29N5. The van der Waals surface area contributed by atoms with Gasteiger partial charge in [-0.25, -0.2) is 0 Å². The summed E-state index contributed by atoms with van der Waals surface area (Å²) < 4.78 is 0. The highest BCUT2D eigenvalue weighted by molar-refractivity contribution is 6.42. The lowest BCUT2D eigenvalue weighted by atomic mass is 9.77. The molecule has 2 rings (SSSR count). The van der Waals surface area contributed by atoms with Crippen LogP contribution in [0.2, 0.25) is 0 Å². The molecule has 0 aromatic rings. The van der Waals surface area contributed by atoms with Crippen LogP contribution < -0.4 is 11.1 Å². The molecule has 0 amide bonds. The third kappa shape index (κ3) is 4.50. The third-order valence-corrected chi connectivity index (χ3v) is 4.96. The number of hydrogen-bond acceptors (Lipinski definition) is 5. The fourth-order valence-electron chi connectivity index (χ4n) is 3.03. The Balaban J connectivity index is 1.74. The average molecular weight is 303 g/mol. The molecule has 2 atom stereocenters. The van der Waals surface area contributed by atoms with Crippen molar-refractivity contribution in [2.75, 3.05) is 6.54 Å². The molecule has 22 heavy (non-hydrogen) atoms. The Morgan fingerprint density at radius 2 is 2.14 bits per heavy atom. The van der Waals surface area contributed by atoms with Crippen molar-refractivity contribution in [3.05, 3.63) is 11.8 Å². The number of aliphatic imine (C=N–C) groups is 1. The van der Waals surface area contributed by atoms with Gasteiger partial charge < -0.3 is 16.5 Å². The van der Waals surface area contributed by atoms with Gasteiger partial charge in [0.2, 0.25) is 0 Å². The maximum absolute atomic E-state index is 8.03. The van der Waals surface area contributed by atoms with Crippen LogP contribution in [0, 0.1) is 22.7 Å². The molecule has 5 nitrogen and oxygen atoms in total. The van der Waals surface area contributed by atoms with Crippen LogP contribution in [0.3, 0.4) is 0 Å². The normalized spacial score (nSPS) is 31.5. The van der Waals surface area contributed by atoms with Gasteiger partial charge in [-0.3, -0.25) is 10.4 Å². The Morgan fingerprint density at radius 3 is 2.68 bits per heavy atom. The second kappa shape index (κ2) is 8.22. The van der Waals surface area contributed by atoms with Gasteiger partial charge in [-0.2, -0.15) is 0 Å². The second-order valence-corrected chi connectivity index (χ2v) is 6.69. The molecule has 1 unspecified atom stereocenters. The highest BCUT2D eigenvalue weighted by Crippen LogP contribution is 2.31. The molecule has 0 aromatic heterocycles. The molecule has 0 aliphatic heterocycles. The van der Waals surface area contributed by atoms with Crippen LogP contribution in [0.25, 0.3) is 0 Å². The molecule has 0 saturated heterocycles. The largest absolute Gasteiger partial charge is 0.388 e. The van der Waals surface area contributed by atoms with Gasteiger partial charge in [0.15, 0.2) is 0 Å². The first-order valence-electron chi connectivity index (χ1n) is 8.43. The summed E-state index contributed by atoms with van der Waals surface area (Å²) in [6, 6.07) is 0.851. The van der Waals surface area contributed by atoms with Crippen molar-refractivity contribution in [3.8, 4) is 0 Å². The topological polar surface area (TPSA) is 98.1 Å². The molecule has 2 fully saturated rings. The van der Waals surface area contributed by atoms with E-state index < -0.39 is 0 Å². The van der Waals surface area contributed by atoms with E-state index in [1.807, 2.05) is 0 Å². The van der Waals surface area contributed by atoms with Crippen LogP contribution in [0.5, 0.6) is 0 Å². The van der Waals surface area contributed by atoms with Crippen LogP contribution in [0.1, 0.15) is 45.4 Å². The zero-order chi connectivity index (χ0) is 15.9. The van der Waals surface area contributed by atoms with Crippen LogP contribution in [-0.4, -0.2) is 36.8 Å². The van der Waals surface area contributed by atoms with E-state index in [2.05, 4.69) is 17.2 Å². The fraction of sp³-hybridized carbons (Fsp3) is 0.706. The highest BCUT2D eigenvalue weighted by atomic mass is 14.9. The van der Waals surface area contributed by atoms with E-state index in [1.54, 1.807) is 12.4 Å². The van der Waals surface area contributed by atoms with Gasteiger partial charge in [0.25, 0.3) is 0 Å². The Labute approximate surface area is 133 Å². The van der Waals surface area contributed by atoms with Crippen molar-refractivity contribution in [3.63, 3.8) is 0 Å². The van der Waals surface area contributed by atoms with Crippen molar-refractivity contribution in [2.24, 2.45) is 22.6 Å². The molecule has 2 aliphatic carbocycles. The van der Waals surface area contributed by atoms with Crippen LogP contribution in [0.4, 0.5) is 0 Å². The average Bonchev–Trinajstić information content (AvgIpc) is 2.47. The molecular weight excluding hydrogens is 274 g/mol. The van der Waals surface area contributed by atoms with Gasteiger partial charge in [-0.05, 0) is 56.9 Å². The number of nitrogens with two attached hydrogens (primary N) is 1. The quantitative estimate of drug-likeness (QED) is 0.492. The zero-order valence-corrected chi connectivity index (χ0v) is 13.5. The van der Waals surface area contributed by atoms with Gasteiger partial charge in [0.1, 0.15) is 0 Å². The number of rotatable bonds is 9. The van der Waals surface area contributed by atoms with Crippen LogP contribution in [-0.2, 0) is 0 Å². The first kappa shape index (κ1) is 16.9. The first-order chi connectivity index (χ1) is 10.6. The number of nitrogens with one attached hydrogen (secondary N) is 3. The van der Waals surface area contributed by atoms with Gasteiger partial charge in [0.05, 0.1) is 11.8 Å². The maximum Gasteiger partial charge on any atom is 0.0820 e. The smallest absolute Gasteiger partial charge is 0.0820 e. The molecule has 0 radical (unpaired) electrons. The Morgan fingerprint density at radius 1 is 1.36 bits per heavy atom. The monoisotopic (exact) mass is 303 g/mol.